The quantitative estimate of drug-likeness (QED) is 0.690. The van der Waals surface area contributed by atoms with Gasteiger partial charge in [0.2, 0.25) is 5.91 Å². The van der Waals surface area contributed by atoms with E-state index in [0.717, 1.165) is 12.0 Å². The van der Waals surface area contributed by atoms with Crippen LogP contribution in [0.15, 0.2) is 30.3 Å². The predicted molar refractivity (Wildman–Crippen MR) is 70.8 cm³/mol. The number of carbonyl (C=O) groups is 2. The van der Waals surface area contributed by atoms with Gasteiger partial charge >= 0.3 is 5.97 Å². The fourth-order valence-corrected chi connectivity index (χ4v) is 1.40. The SMILES string of the molecule is CC(CNC(=O)COCCc1ccccc1)C(=O)O. The van der Waals surface area contributed by atoms with E-state index in [-0.39, 0.29) is 19.1 Å². The van der Waals surface area contributed by atoms with E-state index in [0.29, 0.717) is 6.61 Å². The fraction of sp³-hybridized carbons (Fsp3) is 0.429. The van der Waals surface area contributed by atoms with Crippen LogP contribution in [0.4, 0.5) is 0 Å². The Bertz CT molecular complexity index is 405. The second kappa shape index (κ2) is 8.26. The van der Waals surface area contributed by atoms with Crippen molar-refractivity contribution in [2.45, 2.75) is 13.3 Å². The number of nitrogens with one attached hydrogen (secondary N) is 1. The van der Waals surface area contributed by atoms with Crippen molar-refractivity contribution in [3.8, 4) is 0 Å². The fourth-order valence-electron chi connectivity index (χ4n) is 1.40. The van der Waals surface area contributed by atoms with Crippen LogP contribution >= 0.6 is 0 Å². The Morgan fingerprint density at radius 1 is 1.32 bits per heavy atom. The van der Waals surface area contributed by atoms with Gasteiger partial charge in [-0.25, -0.2) is 0 Å². The number of aliphatic carboxylic acids is 1. The molecule has 19 heavy (non-hydrogen) atoms. The molecule has 1 rings (SSSR count). The number of rotatable bonds is 8. The molecule has 104 valence electrons. The summed E-state index contributed by atoms with van der Waals surface area (Å²) in [6.07, 6.45) is 0.750. The highest BCUT2D eigenvalue weighted by atomic mass is 16.5. The number of hydrogen-bond acceptors (Lipinski definition) is 3. The molecule has 0 aromatic heterocycles. The minimum atomic E-state index is -0.926. The van der Waals surface area contributed by atoms with Crippen molar-refractivity contribution >= 4 is 11.9 Å². The van der Waals surface area contributed by atoms with Crippen molar-refractivity contribution in [2.24, 2.45) is 5.92 Å². The molecule has 0 saturated carbocycles. The highest BCUT2D eigenvalue weighted by Crippen LogP contribution is 1.99. The molecule has 0 bridgehead atoms. The van der Waals surface area contributed by atoms with E-state index in [9.17, 15) is 9.59 Å². The maximum Gasteiger partial charge on any atom is 0.308 e. The second-order valence-electron chi connectivity index (χ2n) is 4.33. The van der Waals surface area contributed by atoms with Gasteiger partial charge in [0, 0.05) is 6.54 Å². The van der Waals surface area contributed by atoms with Crippen molar-refractivity contribution in [3.63, 3.8) is 0 Å². The molecule has 0 fully saturated rings. The summed E-state index contributed by atoms with van der Waals surface area (Å²) in [5.41, 5.74) is 1.16. The van der Waals surface area contributed by atoms with Crippen LogP contribution in [-0.4, -0.2) is 36.7 Å². The molecular formula is C14H19NO4. The monoisotopic (exact) mass is 265 g/mol. The van der Waals surface area contributed by atoms with Crippen molar-refractivity contribution in [1.82, 2.24) is 5.32 Å². The lowest BCUT2D eigenvalue weighted by molar-refractivity contribution is -0.141. The Hall–Kier alpha value is -1.88. The van der Waals surface area contributed by atoms with Gasteiger partial charge < -0.3 is 15.2 Å². The zero-order valence-corrected chi connectivity index (χ0v) is 11.0. The Balaban J connectivity index is 2.09. The first kappa shape index (κ1) is 15.2. The van der Waals surface area contributed by atoms with Gasteiger partial charge in [-0.05, 0) is 12.0 Å². The first-order chi connectivity index (χ1) is 9.09. The Labute approximate surface area is 112 Å². The van der Waals surface area contributed by atoms with Crippen LogP contribution in [-0.2, 0) is 20.7 Å². The summed E-state index contributed by atoms with van der Waals surface area (Å²) in [7, 11) is 0. The topological polar surface area (TPSA) is 75.6 Å². The first-order valence-electron chi connectivity index (χ1n) is 6.20. The molecule has 0 aliphatic heterocycles. The van der Waals surface area contributed by atoms with E-state index in [1.54, 1.807) is 6.92 Å². The van der Waals surface area contributed by atoms with Crippen LogP contribution in [0.1, 0.15) is 12.5 Å². The van der Waals surface area contributed by atoms with Crippen LogP contribution in [0.5, 0.6) is 0 Å². The van der Waals surface area contributed by atoms with E-state index >= 15 is 0 Å². The van der Waals surface area contributed by atoms with Gasteiger partial charge in [-0.15, -0.1) is 0 Å². The molecule has 0 aliphatic carbocycles. The van der Waals surface area contributed by atoms with Gasteiger partial charge in [-0.3, -0.25) is 9.59 Å². The molecule has 5 nitrogen and oxygen atoms in total. The van der Waals surface area contributed by atoms with E-state index in [1.165, 1.54) is 0 Å². The van der Waals surface area contributed by atoms with Gasteiger partial charge in [0.25, 0.3) is 0 Å². The Kier molecular flexibility index (Phi) is 6.60. The molecule has 2 N–H and O–H groups in total. The predicted octanol–water partition coefficient (Wildman–Crippen LogP) is 1.08. The largest absolute Gasteiger partial charge is 0.481 e. The maximum atomic E-state index is 11.4. The summed E-state index contributed by atoms with van der Waals surface area (Å²) in [6.45, 7) is 2.08. The van der Waals surface area contributed by atoms with Crippen LogP contribution in [0.3, 0.4) is 0 Å². The standard InChI is InChI=1S/C14H19NO4/c1-11(14(17)18)9-15-13(16)10-19-8-7-12-5-3-2-4-6-12/h2-6,11H,7-10H2,1H3,(H,15,16)(H,17,18). The molecule has 1 aromatic carbocycles. The zero-order chi connectivity index (χ0) is 14.1. The molecule has 0 saturated heterocycles. The average molecular weight is 265 g/mol. The Morgan fingerprint density at radius 2 is 2.00 bits per heavy atom. The van der Waals surface area contributed by atoms with Gasteiger partial charge in [-0.1, -0.05) is 37.3 Å². The summed E-state index contributed by atoms with van der Waals surface area (Å²) in [6, 6.07) is 9.85. The highest BCUT2D eigenvalue weighted by Gasteiger charge is 2.11. The lowest BCUT2D eigenvalue weighted by atomic mass is 10.2. The van der Waals surface area contributed by atoms with E-state index in [1.807, 2.05) is 30.3 Å². The summed E-state index contributed by atoms with van der Waals surface area (Å²) >= 11 is 0. The molecule has 1 unspecified atom stereocenters. The van der Waals surface area contributed by atoms with E-state index in [2.05, 4.69) is 5.32 Å². The van der Waals surface area contributed by atoms with Gasteiger partial charge in [0.15, 0.2) is 0 Å². The molecule has 1 aromatic rings. The third-order valence-corrected chi connectivity index (χ3v) is 2.64. The summed E-state index contributed by atoms with van der Waals surface area (Å²) < 4.78 is 5.23. The van der Waals surface area contributed by atoms with Crippen molar-refractivity contribution in [1.29, 1.82) is 0 Å². The van der Waals surface area contributed by atoms with Crippen molar-refractivity contribution < 1.29 is 19.4 Å². The number of carbonyl (C=O) groups excluding carboxylic acids is 1. The van der Waals surface area contributed by atoms with Crippen LogP contribution < -0.4 is 5.32 Å². The van der Waals surface area contributed by atoms with Gasteiger partial charge in [0.1, 0.15) is 6.61 Å². The second-order valence-corrected chi connectivity index (χ2v) is 4.33. The van der Waals surface area contributed by atoms with Gasteiger partial charge in [-0.2, -0.15) is 0 Å². The molecule has 1 amide bonds. The highest BCUT2D eigenvalue weighted by molar-refractivity contribution is 5.78. The molecular weight excluding hydrogens is 246 g/mol. The minimum Gasteiger partial charge on any atom is -0.481 e. The molecule has 0 radical (unpaired) electrons. The lowest BCUT2D eigenvalue weighted by Gasteiger charge is -2.08. The van der Waals surface area contributed by atoms with Crippen LogP contribution in [0.2, 0.25) is 0 Å². The number of hydrogen-bond donors (Lipinski definition) is 2. The maximum absolute atomic E-state index is 11.4. The number of benzene rings is 1. The number of carboxylic acids is 1. The van der Waals surface area contributed by atoms with Crippen molar-refractivity contribution in [3.05, 3.63) is 35.9 Å². The average Bonchev–Trinajstić information content (AvgIpc) is 2.42. The minimum absolute atomic E-state index is 0.0425. The molecule has 0 heterocycles. The third-order valence-electron chi connectivity index (χ3n) is 2.64. The summed E-state index contributed by atoms with van der Waals surface area (Å²) in [4.78, 5) is 21.9. The van der Waals surface area contributed by atoms with Crippen LogP contribution in [0, 0.1) is 5.92 Å². The number of carboxylic acid groups (broad SMARTS) is 1. The number of ether oxygens (including phenoxy) is 1. The molecule has 1 atom stereocenters. The Morgan fingerprint density at radius 3 is 2.63 bits per heavy atom. The van der Waals surface area contributed by atoms with Gasteiger partial charge in [0.05, 0.1) is 12.5 Å². The van der Waals surface area contributed by atoms with E-state index in [4.69, 9.17) is 9.84 Å². The summed E-state index contributed by atoms with van der Waals surface area (Å²) in [5.74, 6) is -1.81. The first-order valence-corrected chi connectivity index (χ1v) is 6.20. The van der Waals surface area contributed by atoms with Crippen molar-refractivity contribution in [2.75, 3.05) is 19.8 Å². The van der Waals surface area contributed by atoms with Crippen LogP contribution in [0.25, 0.3) is 0 Å². The number of amides is 1. The summed E-state index contributed by atoms with van der Waals surface area (Å²) in [5, 5.41) is 11.2. The smallest absolute Gasteiger partial charge is 0.308 e. The molecule has 5 heteroatoms. The normalized spacial score (nSPS) is 11.8. The van der Waals surface area contributed by atoms with E-state index < -0.39 is 11.9 Å². The third kappa shape index (κ3) is 6.57. The zero-order valence-electron chi connectivity index (χ0n) is 11.0. The molecule has 0 spiro atoms. The lowest BCUT2D eigenvalue weighted by Crippen LogP contribution is -2.34. The molecule has 0 aliphatic rings.